The highest BCUT2D eigenvalue weighted by Crippen LogP contribution is 2.35. The Hall–Kier alpha value is -3.33. The number of benzene rings is 3. The molecule has 0 radical (unpaired) electrons. The molecule has 3 heteroatoms. The number of rotatable bonds is 5. The van der Waals surface area contributed by atoms with Crippen molar-refractivity contribution < 1.29 is 14.3 Å². The molecule has 1 aliphatic rings. The summed E-state index contributed by atoms with van der Waals surface area (Å²) in [7, 11) is 0. The van der Waals surface area contributed by atoms with Crippen molar-refractivity contribution in [2.75, 3.05) is 0 Å². The number of hydrogen-bond donors (Lipinski definition) is 0. The molecule has 0 N–H and O–H groups in total. The third-order valence-corrected chi connectivity index (χ3v) is 5.23. The highest BCUT2D eigenvalue weighted by atomic mass is 16.5. The third-order valence-electron chi connectivity index (χ3n) is 5.23. The average Bonchev–Trinajstić information content (AvgIpc) is 3.04. The van der Waals surface area contributed by atoms with Crippen molar-refractivity contribution in [3.05, 3.63) is 99.8 Å². The van der Waals surface area contributed by atoms with E-state index in [0.29, 0.717) is 29.4 Å². The number of carbonyl (C=O) groups excluding carboxylic acids is 1. The van der Waals surface area contributed by atoms with Crippen LogP contribution in [0.5, 0.6) is 11.5 Å². The highest BCUT2D eigenvalue weighted by Gasteiger charge is 2.27. The minimum Gasteiger partial charge on any atom is -0.489 e. The van der Waals surface area contributed by atoms with Crippen LogP contribution in [0.3, 0.4) is 0 Å². The molecule has 0 atom stereocenters. The second-order valence-electron chi connectivity index (χ2n) is 7.41. The van der Waals surface area contributed by atoms with Crippen molar-refractivity contribution >= 4 is 11.9 Å². The van der Waals surface area contributed by atoms with E-state index < -0.39 is 0 Å². The first-order valence-corrected chi connectivity index (χ1v) is 9.89. The molecule has 4 rings (SSSR count). The topological polar surface area (TPSA) is 35.5 Å². The van der Waals surface area contributed by atoms with Gasteiger partial charge in [0.15, 0.2) is 5.76 Å². The fourth-order valence-corrected chi connectivity index (χ4v) is 3.37. The first-order chi connectivity index (χ1) is 14.0. The summed E-state index contributed by atoms with van der Waals surface area (Å²) in [6, 6.07) is 19.9. The molecule has 0 saturated heterocycles. The van der Waals surface area contributed by atoms with Crippen LogP contribution < -0.4 is 9.47 Å². The van der Waals surface area contributed by atoms with Gasteiger partial charge in [-0.2, -0.15) is 0 Å². The fraction of sp³-hybridized carbons (Fsp3) is 0.192. The first kappa shape index (κ1) is 19.0. The van der Waals surface area contributed by atoms with Crippen LogP contribution in [0.4, 0.5) is 0 Å². The van der Waals surface area contributed by atoms with Crippen LogP contribution in [0.1, 0.15) is 45.1 Å². The molecule has 0 saturated carbocycles. The predicted octanol–water partition coefficient (Wildman–Crippen LogP) is 6.06. The molecule has 0 fully saturated rings. The van der Waals surface area contributed by atoms with Gasteiger partial charge in [0, 0.05) is 6.07 Å². The number of carbonyl (C=O) groups is 1. The van der Waals surface area contributed by atoms with Gasteiger partial charge < -0.3 is 9.47 Å². The second-order valence-corrected chi connectivity index (χ2v) is 7.41. The van der Waals surface area contributed by atoms with Gasteiger partial charge in [0.2, 0.25) is 5.78 Å². The summed E-state index contributed by atoms with van der Waals surface area (Å²) in [5.74, 6) is 1.48. The van der Waals surface area contributed by atoms with Gasteiger partial charge in [0.25, 0.3) is 0 Å². The van der Waals surface area contributed by atoms with Gasteiger partial charge in [0.05, 0.1) is 5.56 Å². The summed E-state index contributed by atoms with van der Waals surface area (Å²) >= 11 is 0. The second kappa shape index (κ2) is 7.96. The summed E-state index contributed by atoms with van der Waals surface area (Å²) < 4.78 is 11.8. The lowest BCUT2D eigenvalue weighted by Crippen LogP contribution is -1.99. The molecule has 0 aromatic heterocycles. The smallest absolute Gasteiger partial charge is 0.231 e. The summed E-state index contributed by atoms with van der Waals surface area (Å²) in [4.78, 5) is 12.7. The van der Waals surface area contributed by atoms with Crippen molar-refractivity contribution in [2.24, 2.45) is 0 Å². The zero-order valence-corrected chi connectivity index (χ0v) is 17.0. The lowest BCUT2D eigenvalue weighted by atomic mass is 10.1. The molecule has 3 aromatic rings. The minimum absolute atomic E-state index is 0.0966. The Morgan fingerprint density at radius 2 is 1.76 bits per heavy atom. The molecular weight excluding hydrogens is 360 g/mol. The Kier molecular flexibility index (Phi) is 5.22. The van der Waals surface area contributed by atoms with Gasteiger partial charge >= 0.3 is 0 Å². The van der Waals surface area contributed by atoms with Crippen LogP contribution in [0, 0.1) is 13.8 Å². The molecule has 0 spiro atoms. The van der Waals surface area contributed by atoms with Gasteiger partial charge in [-0.05, 0) is 60.7 Å². The summed E-state index contributed by atoms with van der Waals surface area (Å²) in [6.45, 7) is 6.74. The maximum absolute atomic E-state index is 12.7. The SMILES string of the molecule is CCc1ccc(C=C2Oc3cc(OCc4cc(C)ccc4C)ccc3C2=O)cc1. The van der Waals surface area contributed by atoms with E-state index in [2.05, 4.69) is 51.1 Å². The highest BCUT2D eigenvalue weighted by molar-refractivity contribution is 6.14. The fourth-order valence-electron chi connectivity index (χ4n) is 3.37. The van der Waals surface area contributed by atoms with Crippen LogP contribution in [0.25, 0.3) is 6.08 Å². The molecule has 0 amide bonds. The van der Waals surface area contributed by atoms with E-state index in [4.69, 9.17) is 9.47 Å². The summed E-state index contributed by atoms with van der Waals surface area (Å²) in [5.41, 5.74) is 6.34. The molecule has 3 aromatic carbocycles. The van der Waals surface area contributed by atoms with Crippen molar-refractivity contribution in [3.8, 4) is 11.5 Å². The molecular formula is C26H24O3. The van der Waals surface area contributed by atoms with Crippen LogP contribution in [-0.2, 0) is 13.0 Å². The van der Waals surface area contributed by atoms with Crippen LogP contribution in [-0.4, -0.2) is 5.78 Å². The van der Waals surface area contributed by atoms with Crippen molar-refractivity contribution in [3.63, 3.8) is 0 Å². The zero-order valence-electron chi connectivity index (χ0n) is 17.0. The maximum Gasteiger partial charge on any atom is 0.231 e. The minimum atomic E-state index is -0.0966. The van der Waals surface area contributed by atoms with E-state index in [1.54, 1.807) is 18.2 Å². The van der Waals surface area contributed by atoms with Crippen LogP contribution in [0.15, 0.2) is 66.4 Å². The number of ether oxygens (including phenoxy) is 2. The molecule has 29 heavy (non-hydrogen) atoms. The number of hydrogen-bond acceptors (Lipinski definition) is 3. The lowest BCUT2D eigenvalue weighted by molar-refractivity contribution is 0.101. The van der Waals surface area contributed by atoms with Gasteiger partial charge in [-0.25, -0.2) is 0 Å². The first-order valence-electron chi connectivity index (χ1n) is 9.89. The van der Waals surface area contributed by atoms with E-state index in [-0.39, 0.29) is 5.78 Å². The quantitative estimate of drug-likeness (QED) is 0.502. The number of Topliss-reactive ketones (excluding diaryl/α,β-unsaturated/α-hetero) is 1. The van der Waals surface area contributed by atoms with Gasteiger partial charge in [-0.1, -0.05) is 55.0 Å². The predicted molar refractivity (Wildman–Crippen MR) is 115 cm³/mol. The molecule has 146 valence electrons. The van der Waals surface area contributed by atoms with Gasteiger partial charge in [-0.15, -0.1) is 0 Å². The van der Waals surface area contributed by atoms with E-state index in [9.17, 15) is 4.79 Å². The monoisotopic (exact) mass is 384 g/mol. The summed E-state index contributed by atoms with van der Waals surface area (Å²) in [6.07, 6.45) is 2.78. The molecule has 0 aliphatic carbocycles. The molecule has 0 bridgehead atoms. The van der Waals surface area contributed by atoms with Crippen LogP contribution in [0.2, 0.25) is 0 Å². The molecule has 0 unspecified atom stereocenters. The van der Waals surface area contributed by atoms with E-state index >= 15 is 0 Å². The van der Waals surface area contributed by atoms with Gasteiger partial charge in [-0.3, -0.25) is 4.79 Å². The van der Waals surface area contributed by atoms with Crippen molar-refractivity contribution in [2.45, 2.75) is 33.8 Å². The molecule has 1 aliphatic heterocycles. The number of fused-ring (bicyclic) bond motifs is 1. The Balaban J connectivity index is 1.50. The maximum atomic E-state index is 12.7. The van der Waals surface area contributed by atoms with E-state index in [0.717, 1.165) is 17.5 Å². The zero-order chi connectivity index (χ0) is 20.4. The normalized spacial score (nSPS) is 14.0. The number of allylic oxidation sites excluding steroid dienone is 1. The van der Waals surface area contributed by atoms with Gasteiger partial charge in [0.1, 0.15) is 18.1 Å². The standard InChI is InChI=1S/C26H24O3/c1-4-19-7-9-20(10-8-19)14-25-26(27)23-12-11-22(15-24(23)29-25)28-16-21-13-17(2)5-6-18(21)3/h5-15H,4,16H2,1-3H3. The molecule has 3 nitrogen and oxygen atoms in total. The Morgan fingerprint density at radius 1 is 0.966 bits per heavy atom. The largest absolute Gasteiger partial charge is 0.489 e. The van der Waals surface area contributed by atoms with Crippen molar-refractivity contribution in [1.82, 2.24) is 0 Å². The van der Waals surface area contributed by atoms with E-state index in [1.165, 1.54) is 16.7 Å². The Bertz CT molecular complexity index is 1090. The number of aryl methyl sites for hydroxylation is 3. The average molecular weight is 384 g/mol. The van der Waals surface area contributed by atoms with Crippen LogP contribution >= 0.6 is 0 Å². The van der Waals surface area contributed by atoms with E-state index in [1.807, 2.05) is 18.2 Å². The Labute approximate surface area is 171 Å². The van der Waals surface area contributed by atoms with Crippen molar-refractivity contribution in [1.29, 1.82) is 0 Å². The molecule has 1 heterocycles. The third kappa shape index (κ3) is 4.09. The summed E-state index contributed by atoms with van der Waals surface area (Å²) in [5, 5.41) is 0. The number of ketones is 1. The Morgan fingerprint density at radius 3 is 2.52 bits per heavy atom. The lowest BCUT2D eigenvalue weighted by Gasteiger charge is -2.10.